The number of ketones is 1. The molecule has 0 amide bonds. The molecule has 1 aromatic rings. The molecular formula is C20H18O3SW+2. The van der Waals surface area contributed by atoms with Crippen LogP contribution in [0.25, 0.3) is 0 Å². The van der Waals surface area contributed by atoms with Gasteiger partial charge in [0.25, 0.3) is 0 Å². The molecule has 0 N–H and O–H groups in total. The number of fused-ring (bicyclic) bond motifs is 1. The van der Waals surface area contributed by atoms with E-state index in [2.05, 4.69) is 19.4 Å². The van der Waals surface area contributed by atoms with Gasteiger partial charge in [-0.2, -0.15) is 0 Å². The van der Waals surface area contributed by atoms with E-state index in [4.69, 9.17) is 9.30 Å². The number of thiophene rings is 1. The van der Waals surface area contributed by atoms with Crippen LogP contribution in [-0.4, -0.2) is 5.78 Å². The van der Waals surface area contributed by atoms with Crippen molar-refractivity contribution in [1.82, 2.24) is 0 Å². The molecule has 5 heteroatoms. The molecule has 2 fully saturated rings. The smallest absolute Gasteiger partial charge is 0.0312 e. The Kier molecular flexibility index (Phi) is 19.6. The average molecular weight is 522 g/mol. The minimum absolute atomic E-state index is 0. The van der Waals surface area contributed by atoms with Gasteiger partial charge in [0.2, 0.25) is 0 Å². The van der Waals surface area contributed by atoms with Crippen LogP contribution in [0.5, 0.6) is 0 Å². The molecule has 2 saturated carbocycles. The van der Waals surface area contributed by atoms with Crippen LogP contribution in [0, 0.1) is 83.4 Å². The molecule has 3 aliphatic rings. The number of hydrogen-bond donors (Lipinski definition) is 0. The third kappa shape index (κ3) is 11.0. The van der Waals surface area contributed by atoms with Crippen LogP contribution in [0.1, 0.15) is 22.2 Å². The Balaban J connectivity index is 0. The van der Waals surface area contributed by atoms with Crippen LogP contribution in [0.15, 0.2) is 11.4 Å². The molecule has 1 aromatic heterocycles. The Morgan fingerprint density at radius 1 is 0.880 bits per heavy atom. The molecule has 126 valence electrons. The maximum atomic E-state index is 11.3. The van der Waals surface area contributed by atoms with Gasteiger partial charge in [0.05, 0.1) is 4.88 Å². The van der Waals surface area contributed by atoms with Crippen LogP contribution in [0.2, 0.25) is 0 Å². The van der Waals surface area contributed by atoms with Gasteiger partial charge in [-0.05, 0) is 87.6 Å². The monoisotopic (exact) mass is 522 g/mol. The van der Waals surface area contributed by atoms with Crippen LogP contribution in [0.4, 0.5) is 0 Å². The van der Waals surface area contributed by atoms with Crippen molar-refractivity contribution in [2.24, 2.45) is 5.92 Å². The summed E-state index contributed by atoms with van der Waals surface area (Å²) in [6.45, 7) is 11.0. The summed E-state index contributed by atoms with van der Waals surface area (Å²) in [7, 11) is 0. The minimum atomic E-state index is 0. The molecule has 10 radical (unpaired) electrons. The van der Waals surface area contributed by atoms with Gasteiger partial charge in [-0.25, -0.2) is 0 Å². The van der Waals surface area contributed by atoms with Gasteiger partial charge < -0.3 is 0 Å². The third-order valence-corrected chi connectivity index (χ3v) is 4.03. The van der Waals surface area contributed by atoms with E-state index in [1.165, 1.54) is 5.56 Å². The van der Waals surface area contributed by atoms with Crippen molar-refractivity contribution in [1.29, 1.82) is 0 Å². The fourth-order valence-electron chi connectivity index (χ4n) is 2.00. The molecule has 3 nitrogen and oxygen atoms in total. The van der Waals surface area contributed by atoms with Crippen molar-refractivity contribution in [3.63, 3.8) is 0 Å². The molecule has 0 saturated heterocycles. The van der Waals surface area contributed by atoms with E-state index in [0.717, 1.165) is 11.3 Å². The molecule has 4 rings (SSSR count). The molecule has 25 heavy (non-hydrogen) atoms. The van der Waals surface area contributed by atoms with E-state index in [1.807, 2.05) is 76.5 Å². The predicted molar refractivity (Wildman–Crippen MR) is 92.4 cm³/mol. The predicted octanol–water partition coefficient (Wildman–Crippen LogP) is 4.09. The molecular weight excluding hydrogens is 504 g/mol. The second-order valence-corrected chi connectivity index (χ2v) is 5.59. The first-order chi connectivity index (χ1) is 11.8. The minimum Gasteiger partial charge on any atom is -0.0312 e. The van der Waals surface area contributed by atoms with Crippen LogP contribution in [-0.2, 0) is 36.8 Å². The Morgan fingerprint density at radius 2 is 1.24 bits per heavy atom. The standard InChI is InChI=1S/C8H8OS.2C5H5.2CO.W/c1-5-4-6-2-3-10-8(6)7(5)9;2*1-2-4-5-3-1;2*1-2;/h2-3,5H,4H2,1H3;2*1-5H;;;/q;;;;;+2. The largest absolute Gasteiger partial charge is 2.00 e. The van der Waals surface area contributed by atoms with Gasteiger partial charge in [0, 0.05) is 5.92 Å². The normalized spacial score (nSPS) is 19.1. The van der Waals surface area contributed by atoms with Crippen molar-refractivity contribution >= 4 is 17.1 Å². The van der Waals surface area contributed by atoms with Gasteiger partial charge in [-0.3, -0.25) is 4.79 Å². The molecule has 0 spiro atoms. The molecule has 3 aliphatic carbocycles. The van der Waals surface area contributed by atoms with E-state index >= 15 is 0 Å². The summed E-state index contributed by atoms with van der Waals surface area (Å²) in [5, 5.41) is 1.99. The molecule has 0 aromatic carbocycles. The van der Waals surface area contributed by atoms with Crippen molar-refractivity contribution in [2.75, 3.05) is 0 Å². The number of Topliss-reactive ketones (excluding diaryl/α,β-unsaturated/α-hetero) is 1. The molecule has 1 unspecified atom stereocenters. The van der Waals surface area contributed by atoms with Gasteiger partial charge in [-0.1, -0.05) is 6.92 Å². The third-order valence-electron chi connectivity index (χ3n) is 3.06. The quantitative estimate of drug-likeness (QED) is 0.374. The number of hydrogen-bond acceptors (Lipinski definition) is 2. The van der Waals surface area contributed by atoms with Gasteiger partial charge in [0.15, 0.2) is 5.78 Å². The Morgan fingerprint density at radius 3 is 1.56 bits per heavy atom. The average Bonchev–Trinajstić information content (AvgIpc) is 3.44. The fourth-order valence-corrected chi connectivity index (χ4v) is 2.99. The zero-order valence-electron chi connectivity index (χ0n) is 13.8. The summed E-state index contributed by atoms with van der Waals surface area (Å²) >= 11 is 1.57. The van der Waals surface area contributed by atoms with Gasteiger partial charge in [-0.15, -0.1) is 11.3 Å². The van der Waals surface area contributed by atoms with Crippen molar-refractivity contribution in [2.45, 2.75) is 13.3 Å². The fraction of sp³-hybridized carbons (Fsp3) is 0.150. The number of rotatable bonds is 0. The zero-order chi connectivity index (χ0) is 18.2. The topological polar surface area (TPSA) is 56.9 Å². The number of carbonyl (C=O) groups is 1. The maximum absolute atomic E-state index is 11.3. The second-order valence-electron chi connectivity index (χ2n) is 4.67. The van der Waals surface area contributed by atoms with E-state index in [0.29, 0.717) is 5.78 Å². The van der Waals surface area contributed by atoms with Crippen molar-refractivity contribution < 1.29 is 35.2 Å². The summed E-state index contributed by atoms with van der Waals surface area (Å²) in [5.74, 6) is 0.576. The molecule has 0 aliphatic heterocycles. The number of carbonyl (C=O) groups excluding carboxylic acids is 1. The Bertz CT molecular complexity index is 454. The summed E-state index contributed by atoms with van der Waals surface area (Å²) < 4.78 is 15.0. The van der Waals surface area contributed by atoms with Gasteiger partial charge in [0.1, 0.15) is 0 Å². The summed E-state index contributed by atoms with van der Waals surface area (Å²) in [6.07, 6.45) is 21.0. The molecule has 1 atom stereocenters. The second kappa shape index (κ2) is 18.3. The van der Waals surface area contributed by atoms with E-state index in [9.17, 15) is 4.79 Å². The van der Waals surface area contributed by atoms with Crippen LogP contribution in [0.3, 0.4) is 0 Å². The Hall–Kier alpha value is -0.462. The van der Waals surface area contributed by atoms with E-state index in [1.54, 1.807) is 11.3 Å². The first kappa shape index (κ1) is 26.8. The van der Waals surface area contributed by atoms with Gasteiger partial charge >= 0.3 is 43.7 Å². The molecule has 0 bridgehead atoms. The van der Waals surface area contributed by atoms with E-state index < -0.39 is 0 Å². The zero-order valence-corrected chi connectivity index (χ0v) is 17.5. The SMILES string of the molecule is CC1Cc2ccsc2C1=O.[C-]#[O+].[C-]#[O+].[CH]1[CH][CH][CH][CH]1.[CH]1[CH][CH][CH][CH]1.[W+2]. The summed E-state index contributed by atoms with van der Waals surface area (Å²) in [5.41, 5.74) is 1.25. The van der Waals surface area contributed by atoms with Crippen LogP contribution >= 0.6 is 11.3 Å². The summed E-state index contributed by atoms with van der Waals surface area (Å²) in [4.78, 5) is 12.3. The summed E-state index contributed by atoms with van der Waals surface area (Å²) in [6, 6.07) is 2.06. The molecule has 1 heterocycles. The van der Waals surface area contributed by atoms with Crippen molar-refractivity contribution in [3.05, 3.63) is 99.4 Å². The van der Waals surface area contributed by atoms with E-state index in [-0.39, 0.29) is 27.0 Å². The van der Waals surface area contributed by atoms with Crippen LogP contribution < -0.4 is 0 Å². The Labute approximate surface area is 170 Å². The maximum Gasteiger partial charge on any atom is 2.00 e. The first-order valence-corrected chi connectivity index (χ1v) is 8.02. The van der Waals surface area contributed by atoms with Crippen molar-refractivity contribution in [3.8, 4) is 0 Å². The first-order valence-electron chi connectivity index (χ1n) is 7.14.